The second-order valence-corrected chi connectivity index (χ2v) is 11.4. The number of ether oxygens (including phenoxy) is 2. The molecule has 0 saturated carbocycles. The zero-order valence-corrected chi connectivity index (χ0v) is 24.9. The molecule has 0 spiro atoms. The Morgan fingerprint density at radius 2 is 1.81 bits per heavy atom. The number of aliphatic carboxylic acids is 1. The highest BCUT2D eigenvalue weighted by molar-refractivity contribution is 9.10. The van der Waals surface area contributed by atoms with E-state index in [1.807, 2.05) is 0 Å². The summed E-state index contributed by atoms with van der Waals surface area (Å²) in [5.74, 6) is -4.32. The van der Waals surface area contributed by atoms with Gasteiger partial charge in [0, 0.05) is 29.6 Å². The van der Waals surface area contributed by atoms with E-state index in [0.29, 0.717) is 32.1 Å². The number of amides is 2. The van der Waals surface area contributed by atoms with Crippen LogP contribution in [0.5, 0.6) is 11.5 Å². The second kappa shape index (κ2) is 11.0. The van der Waals surface area contributed by atoms with Gasteiger partial charge in [-0.15, -0.1) is 0 Å². The van der Waals surface area contributed by atoms with Crippen molar-refractivity contribution in [2.75, 3.05) is 19.1 Å². The normalized spacial score (nSPS) is 23.2. The molecule has 5 rings (SSSR count). The fourth-order valence-electron chi connectivity index (χ4n) is 5.87. The summed E-state index contributed by atoms with van der Waals surface area (Å²) in [4.78, 5) is 53.0. The lowest BCUT2D eigenvalue weighted by atomic mass is 9.76. The van der Waals surface area contributed by atoms with Crippen molar-refractivity contribution in [3.05, 3.63) is 90.9 Å². The van der Waals surface area contributed by atoms with Crippen LogP contribution < -0.4 is 19.7 Å². The lowest BCUT2D eigenvalue weighted by Gasteiger charge is -2.31. The Bertz CT molecular complexity index is 1630. The molecule has 3 aromatic rings. The van der Waals surface area contributed by atoms with Crippen LogP contribution in [0.3, 0.4) is 0 Å². The van der Waals surface area contributed by atoms with Crippen LogP contribution in [0.4, 0.5) is 11.4 Å². The lowest BCUT2D eigenvalue weighted by Crippen LogP contribution is -2.57. The average molecular weight is 659 g/mol. The van der Waals surface area contributed by atoms with Gasteiger partial charge >= 0.3 is 5.97 Å². The summed E-state index contributed by atoms with van der Waals surface area (Å²) in [6.45, 7) is 1.78. The van der Waals surface area contributed by atoms with Crippen LogP contribution in [0.15, 0.2) is 59.1 Å². The minimum absolute atomic E-state index is 0.164. The molecule has 13 heteroatoms. The molecule has 0 aliphatic carbocycles. The summed E-state index contributed by atoms with van der Waals surface area (Å²) in [7, 11) is 2.91. The van der Waals surface area contributed by atoms with Crippen LogP contribution in [0.1, 0.15) is 22.7 Å². The van der Waals surface area contributed by atoms with E-state index < -0.39 is 46.1 Å². The van der Waals surface area contributed by atoms with Gasteiger partial charge in [0.15, 0.2) is 11.5 Å². The third-order valence-corrected chi connectivity index (χ3v) is 8.89. The third-order valence-electron chi connectivity index (χ3n) is 7.89. The first-order valence-electron chi connectivity index (χ1n) is 12.7. The van der Waals surface area contributed by atoms with Crippen molar-refractivity contribution in [1.29, 1.82) is 0 Å². The highest BCUT2D eigenvalue weighted by Gasteiger charge is 2.68. The number of hydrogen-bond donors (Lipinski definition) is 2. The first-order chi connectivity index (χ1) is 19.9. The molecule has 0 bridgehead atoms. The Morgan fingerprint density at radius 1 is 1.12 bits per heavy atom. The molecule has 2 aliphatic heterocycles. The van der Waals surface area contributed by atoms with Crippen molar-refractivity contribution in [2.45, 2.75) is 24.9 Å². The van der Waals surface area contributed by atoms with Crippen LogP contribution in [-0.2, 0) is 20.8 Å². The number of nitrogens with one attached hydrogen (secondary N) is 1. The number of imide groups is 1. The van der Waals surface area contributed by atoms with Crippen molar-refractivity contribution >= 4 is 56.7 Å². The molecule has 0 radical (unpaired) electrons. The number of nitro benzene ring substituents is 1. The molecule has 0 aromatic heterocycles. The maximum absolute atomic E-state index is 14.1. The SMILES string of the molecule is COc1cc(C2NC(Cc3ccc([N+](=O)[O-])cc3)(C(=O)O)C3C(=O)N(c4ccc(C)c(Cl)c4)C(=O)C23)cc(Br)c1OC. The van der Waals surface area contributed by atoms with Gasteiger partial charge in [-0.2, -0.15) is 0 Å². The first-order valence-corrected chi connectivity index (χ1v) is 13.9. The number of fused-ring (bicyclic) bond motifs is 1. The number of anilines is 1. The quantitative estimate of drug-likeness (QED) is 0.197. The molecule has 2 heterocycles. The predicted molar refractivity (Wildman–Crippen MR) is 156 cm³/mol. The molecule has 2 N–H and O–H groups in total. The van der Waals surface area contributed by atoms with Gasteiger partial charge in [-0.25, -0.2) is 4.90 Å². The minimum atomic E-state index is -1.94. The fraction of sp³-hybridized carbons (Fsp3) is 0.276. The molecule has 2 fully saturated rings. The van der Waals surface area contributed by atoms with Gasteiger partial charge in [0.2, 0.25) is 11.8 Å². The van der Waals surface area contributed by atoms with Gasteiger partial charge in [-0.3, -0.25) is 29.8 Å². The Kier molecular flexibility index (Phi) is 7.73. The number of nitro groups is 1. The van der Waals surface area contributed by atoms with E-state index in [4.69, 9.17) is 21.1 Å². The van der Waals surface area contributed by atoms with Crippen molar-refractivity contribution < 1.29 is 33.9 Å². The lowest BCUT2D eigenvalue weighted by molar-refractivity contribution is -0.384. The van der Waals surface area contributed by atoms with Gasteiger partial charge in [0.05, 0.1) is 41.1 Å². The number of hydrogen-bond acceptors (Lipinski definition) is 8. The number of benzene rings is 3. The molecule has 218 valence electrons. The number of carbonyl (C=O) groups is 3. The summed E-state index contributed by atoms with van der Waals surface area (Å²) in [6, 6.07) is 12.6. The fourth-order valence-corrected chi connectivity index (χ4v) is 6.67. The van der Waals surface area contributed by atoms with Gasteiger partial charge in [0.1, 0.15) is 5.54 Å². The Labute approximate surface area is 253 Å². The average Bonchev–Trinajstić information content (AvgIpc) is 3.43. The highest BCUT2D eigenvalue weighted by Crippen LogP contribution is 2.52. The van der Waals surface area contributed by atoms with Crippen LogP contribution in [0.25, 0.3) is 0 Å². The minimum Gasteiger partial charge on any atom is -0.493 e. The monoisotopic (exact) mass is 657 g/mol. The van der Waals surface area contributed by atoms with Crippen LogP contribution >= 0.6 is 27.5 Å². The maximum atomic E-state index is 14.1. The van der Waals surface area contributed by atoms with E-state index in [1.165, 1.54) is 44.6 Å². The zero-order valence-electron chi connectivity index (χ0n) is 22.6. The van der Waals surface area contributed by atoms with Crippen LogP contribution in [0, 0.1) is 28.9 Å². The third kappa shape index (κ3) is 4.69. The topological polar surface area (TPSA) is 148 Å². The number of rotatable bonds is 8. The Hall–Kier alpha value is -4.00. The Morgan fingerprint density at radius 3 is 2.38 bits per heavy atom. The summed E-state index contributed by atoms with van der Waals surface area (Å²) in [5, 5.41) is 25.4. The van der Waals surface area contributed by atoms with Crippen molar-refractivity contribution in [1.82, 2.24) is 5.32 Å². The number of carbonyl (C=O) groups excluding carboxylic acids is 2. The molecule has 2 amide bonds. The molecular formula is C29H25BrClN3O8. The molecule has 11 nitrogen and oxygen atoms in total. The molecular weight excluding hydrogens is 634 g/mol. The maximum Gasteiger partial charge on any atom is 0.325 e. The predicted octanol–water partition coefficient (Wildman–Crippen LogP) is 4.85. The Balaban J connectivity index is 1.68. The largest absolute Gasteiger partial charge is 0.493 e. The number of nitrogens with zero attached hydrogens (tertiary/aromatic N) is 2. The molecule has 4 unspecified atom stereocenters. The van der Waals surface area contributed by atoms with Crippen molar-refractivity contribution in [2.24, 2.45) is 11.8 Å². The standard InChI is InChI=1S/C29H25BrClN3O8/c1-14-4-7-18(12-20(14)31)33-26(35)22-23(27(33)36)29(28(37)38,13-15-5-8-17(9-6-15)34(39)40)32-24(22)16-10-19(30)25(42-3)21(11-16)41-2/h4-12,22-24,32H,13H2,1-3H3,(H,37,38). The number of halogens is 2. The summed E-state index contributed by atoms with van der Waals surface area (Å²) >= 11 is 9.78. The van der Waals surface area contributed by atoms with Gasteiger partial charge in [0.25, 0.3) is 5.69 Å². The van der Waals surface area contributed by atoms with Gasteiger partial charge in [-0.1, -0.05) is 29.8 Å². The van der Waals surface area contributed by atoms with E-state index in [2.05, 4.69) is 21.2 Å². The van der Waals surface area contributed by atoms with E-state index in [9.17, 15) is 29.6 Å². The number of methoxy groups -OCH3 is 2. The number of non-ortho nitro benzene ring substituents is 1. The van der Waals surface area contributed by atoms with Crippen LogP contribution in [0.2, 0.25) is 5.02 Å². The summed E-state index contributed by atoms with van der Waals surface area (Å²) in [6.07, 6.45) is -0.228. The van der Waals surface area contributed by atoms with Crippen molar-refractivity contribution in [3.63, 3.8) is 0 Å². The molecule has 2 aliphatic rings. The number of aryl methyl sites for hydroxylation is 1. The smallest absolute Gasteiger partial charge is 0.325 e. The van der Waals surface area contributed by atoms with E-state index >= 15 is 0 Å². The van der Waals surface area contributed by atoms with Gasteiger partial charge in [-0.05, 0) is 63.8 Å². The van der Waals surface area contributed by atoms with E-state index in [1.54, 1.807) is 31.2 Å². The highest BCUT2D eigenvalue weighted by atomic mass is 79.9. The second-order valence-electron chi connectivity index (χ2n) is 10.2. The zero-order chi connectivity index (χ0) is 30.5. The van der Waals surface area contributed by atoms with E-state index in [0.717, 1.165) is 10.5 Å². The molecule has 4 atom stereocenters. The van der Waals surface area contributed by atoms with Gasteiger partial charge < -0.3 is 14.6 Å². The summed E-state index contributed by atoms with van der Waals surface area (Å²) < 4.78 is 11.4. The van der Waals surface area contributed by atoms with Crippen LogP contribution in [-0.4, -0.2) is 47.6 Å². The number of carboxylic acids is 1. The molecule has 3 aromatic carbocycles. The van der Waals surface area contributed by atoms with Crippen molar-refractivity contribution in [3.8, 4) is 11.5 Å². The van der Waals surface area contributed by atoms with E-state index in [-0.39, 0.29) is 17.8 Å². The summed E-state index contributed by atoms with van der Waals surface area (Å²) in [5.41, 5.74) is -0.208. The molecule has 42 heavy (non-hydrogen) atoms. The first kappa shape index (κ1) is 29.5. The molecule has 2 saturated heterocycles. The number of carboxylic acid groups (broad SMARTS) is 1.